The van der Waals surface area contributed by atoms with Crippen molar-refractivity contribution in [2.24, 2.45) is 7.05 Å². The molecular weight excluding hydrogens is 171 g/mol. The highest BCUT2D eigenvalue weighted by atomic mass is 15.1. The molecule has 3 aromatic rings. The number of hydrogen-bond acceptors (Lipinski definition) is 0. The first-order chi connectivity index (χ1) is 6.88. The lowest BCUT2D eigenvalue weighted by Gasteiger charge is -1.95. The van der Waals surface area contributed by atoms with Crippen LogP contribution < -0.4 is 0 Å². The monoisotopic (exact) mass is 182 g/mol. The summed E-state index contributed by atoms with van der Waals surface area (Å²) in [7, 11) is 2.12. The Morgan fingerprint density at radius 2 is 1.14 bits per heavy atom. The van der Waals surface area contributed by atoms with Crippen LogP contribution in [0.3, 0.4) is 0 Å². The maximum absolute atomic E-state index is 2.24. The van der Waals surface area contributed by atoms with E-state index < -0.39 is 0 Å². The fraction of sp³-hybridized carbons (Fsp3) is 0.0769. The normalized spacial score (nSPS) is 11.2. The molecule has 0 bridgehead atoms. The maximum atomic E-state index is 2.24. The summed E-state index contributed by atoms with van der Waals surface area (Å²) in [5.74, 6) is 0. The highest BCUT2D eigenvalue weighted by Crippen LogP contribution is 2.26. The molecule has 0 aliphatic heterocycles. The van der Waals surface area contributed by atoms with Gasteiger partial charge in [0.2, 0.25) is 0 Å². The van der Waals surface area contributed by atoms with Gasteiger partial charge in [0.15, 0.2) is 0 Å². The molecule has 3 rings (SSSR count). The van der Waals surface area contributed by atoms with Crippen molar-refractivity contribution in [3.8, 4) is 0 Å². The molecule has 0 radical (unpaired) electrons. The van der Waals surface area contributed by atoms with Crippen LogP contribution in [0.15, 0.2) is 48.5 Å². The lowest BCUT2D eigenvalue weighted by Crippen LogP contribution is -1.84. The summed E-state index contributed by atoms with van der Waals surface area (Å²) in [4.78, 5) is 0. The number of aromatic nitrogens is 1. The molecule has 68 valence electrons. The number of aryl methyl sites for hydroxylation is 1. The summed E-state index contributed by atoms with van der Waals surface area (Å²) < 4.78 is 2.24. The minimum absolute atomic E-state index is 1.30. The molecule has 0 spiro atoms. The van der Waals surface area contributed by atoms with Gasteiger partial charge in [-0.05, 0) is 12.1 Å². The molecule has 0 fully saturated rings. The first-order valence-electron chi connectivity index (χ1n) is 4.80. The van der Waals surface area contributed by atoms with Crippen LogP contribution in [-0.2, 0) is 7.05 Å². The van der Waals surface area contributed by atoms with Gasteiger partial charge in [0, 0.05) is 28.9 Å². The number of hydrogen-bond donors (Lipinski definition) is 0. The lowest BCUT2D eigenvalue weighted by atomic mass is 10.2. The Balaban J connectivity index is 2.69. The Labute approximate surface area is 82.6 Å². The van der Waals surface area contributed by atoms with Crippen molar-refractivity contribution in [2.75, 3.05) is 0 Å². The average molecular weight is 182 g/mol. The maximum Gasteiger partial charge on any atom is 0.0488 e. The van der Waals surface area contributed by atoms with Gasteiger partial charge >= 0.3 is 0 Å². The first kappa shape index (κ1) is 7.63. The topological polar surface area (TPSA) is 4.93 Å². The van der Waals surface area contributed by atoms with E-state index in [2.05, 4.69) is 60.1 Å². The van der Waals surface area contributed by atoms with Crippen LogP contribution in [0.2, 0.25) is 0 Å². The largest absolute Gasteiger partial charge is 0.344 e. The van der Waals surface area contributed by atoms with Crippen LogP contribution in [0.1, 0.15) is 0 Å². The van der Waals surface area contributed by atoms with Crippen molar-refractivity contribution in [2.45, 2.75) is 0 Å². The molecule has 1 aromatic heterocycles. The van der Waals surface area contributed by atoms with E-state index in [0.29, 0.717) is 0 Å². The van der Waals surface area contributed by atoms with Gasteiger partial charge in [0.25, 0.3) is 0 Å². The Bertz CT molecular complexity index is 551. The van der Waals surface area contributed by atoms with Crippen LogP contribution >= 0.6 is 0 Å². The zero-order chi connectivity index (χ0) is 9.54. The molecule has 0 saturated heterocycles. The Hall–Kier alpha value is -1.76. The van der Waals surface area contributed by atoms with E-state index in [1.165, 1.54) is 21.8 Å². The lowest BCUT2D eigenvalue weighted by molar-refractivity contribution is 1.01. The third-order valence-electron chi connectivity index (χ3n) is 2.82. The van der Waals surface area contributed by atoms with E-state index in [1.54, 1.807) is 0 Å². The Morgan fingerprint density at radius 1 is 0.714 bits per heavy atom. The van der Waals surface area contributed by atoms with Gasteiger partial charge in [-0.2, -0.15) is 0 Å². The van der Waals surface area contributed by atoms with Crippen molar-refractivity contribution in [1.29, 1.82) is 0 Å². The SMILES string of the molecule is Cn1c2ccccc2c2cccc[13c]21. The van der Waals surface area contributed by atoms with Crippen LogP contribution in [0.25, 0.3) is 21.8 Å². The smallest absolute Gasteiger partial charge is 0.0488 e. The van der Waals surface area contributed by atoms with Crippen LogP contribution in [0.4, 0.5) is 0 Å². The van der Waals surface area contributed by atoms with Crippen molar-refractivity contribution in [3.63, 3.8) is 0 Å². The quantitative estimate of drug-likeness (QED) is 0.502. The van der Waals surface area contributed by atoms with Gasteiger partial charge in [0.1, 0.15) is 0 Å². The summed E-state index contributed by atoms with van der Waals surface area (Å²) in [6.07, 6.45) is 0. The summed E-state index contributed by atoms with van der Waals surface area (Å²) in [6, 6.07) is 17.0. The molecule has 0 saturated carbocycles. The van der Waals surface area contributed by atoms with Gasteiger partial charge in [0.05, 0.1) is 0 Å². The third-order valence-corrected chi connectivity index (χ3v) is 2.82. The molecule has 0 amide bonds. The van der Waals surface area contributed by atoms with Crippen LogP contribution in [-0.4, -0.2) is 4.57 Å². The second kappa shape index (κ2) is 2.61. The molecule has 1 heteroatoms. The average Bonchev–Trinajstić information content (AvgIpc) is 2.55. The van der Waals surface area contributed by atoms with E-state index in [-0.39, 0.29) is 0 Å². The number of fused-ring (bicyclic) bond motifs is 3. The summed E-state index contributed by atoms with van der Waals surface area (Å²) in [6.45, 7) is 0. The second-order valence-electron chi connectivity index (χ2n) is 3.59. The molecule has 1 nitrogen and oxygen atoms in total. The fourth-order valence-corrected chi connectivity index (χ4v) is 2.12. The summed E-state index contributed by atoms with van der Waals surface area (Å²) in [5.41, 5.74) is 2.60. The van der Waals surface area contributed by atoms with Crippen LogP contribution in [0, 0.1) is 0 Å². The van der Waals surface area contributed by atoms with Gasteiger partial charge in [-0.15, -0.1) is 0 Å². The molecule has 0 aliphatic carbocycles. The molecule has 2 aromatic carbocycles. The van der Waals surface area contributed by atoms with E-state index in [9.17, 15) is 0 Å². The van der Waals surface area contributed by atoms with E-state index in [1.807, 2.05) is 0 Å². The van der Waals surface area contributed by atoms with Crippen LogP contribution in [0.5, 0.6) is 0 Å². The number of benzene rings is 2. The highest BCUT2D eigenvalue weighted by Gasteiger charge is 2.04. The summed E-state index contributed by atoms with van der Waals surface area (Å²) in [5, 5.41) is 2.68. The Kier molecular flexibility index (Phi) is 1.42. The van der Waals surface area contributed by atoms with Crippen molar-refractivity contribution >= 4 is 21.8 Å². The van der Waals surface area contributed by atoms with Crippen molar-refractivity contribution in [1.82, 2.24) is 4.57 Å². The first-order valence-corrected chi connectivity index (χ1v) is 4.80. The van der Waals surface area contributed by atoms with Crippen molar-refractivity contribution in [3.05, 3.63) is 48.5 Å². The highest BCUT2D eigenvalue weighted by molar-refractivity contribution is 6.07. The molecular formula is C13H11N. The Morgan fingerprint density at radius 3 is 1.64 bits per heavy atom. The van der Waals surface area contributed by atoms with E-state index in [0.717, 1.165) is 0 Å². The third kappa shape index (κ3) is 0.841. The van der Waals surface area contributed by atoms with Crippen molar-refractivity contribution < 1.29 is 0 Å². The standard InChI is InChI=1S/C13H11N/c1-14-12-8-4-2-6-10(12)11-7-3-5-9-13(11)14/h2-9H,1H3/i12+1. The van der Waals surface area contributed by atoms with Gasteiger partial charge in [-0.25, -0.2) is 0 Å². The van der Waals surface area contributed by atoms with Gasteiger partial charge < -0.3 is 4.57 Å². The number of rotatable bonds is 0. The zero-order valence-electron chi connectivity index (χ0n) is 8.07. The minimum Gasteiger partial charge on any atom is -0.344 e. The number of para-hydroxylation sites is 2. The molecule has 0 N–H and O–H groups in total. The predicted octanol–water partition coefficient (Wildman–Crippen LogP) is 3.33. The molecule has 0 atom stereocenters. The fourth-order valence-electron chi connectivity index (χ4n) is 2.12. The number of nitrogens with zero attached hydrogens (tertiary/aromatic N) is 1. The second-order valence-corrected chi connectivity index (χ2v) is 3.59. The van der Waals surface area contributed by atoms with Gasteiger partial charge in [-0.1, -0.05) is 36.4 Å². The predicted molar refractivity (Wildman–Crippen MR) is 60.4 cm³/mol. The van der Waals surface area contributed by atoms with E-state index in [4.69, 9.17) is 0 Å². The van der Waals surface area contributed by atoms with Gasteiger partial charge in [-0.3, -0.25) is 0 Å². The molecule has 0 aliphatic rings. The minimum atomic E-state index is 1.30. The summed E-state index contributed by atoms with van der Waals surface area (Å²) >= 11 is 0. The molecule has 1 heterocycles. The molecule has 0 unspecified atom stereocenters. The van der Waals surface area contributed by atoms with E-state index >= 15 is 0 Å². The zero-order valence-corrected chi connectivity index (χ0v) is 8.07. The molecule has 14 heavy (non-hydrogen) atoms.